The molecule has 3 N–H and O–H groups in total. The number of aromatic amines is 1. The average Bonchev–Trinajstić information content (AvgIpc) is 2.98. The summed E-state index contributed by atoms with van der Waals surface area (Å²) in [6.07, 6.45) is 2.18. The normalized spacial score (nSPS) is 19.5. The van der Waals surface area contributed by atoms with Crippen molar-refractivity contribution in [3.63, 3.8) is 0 Å². The number of nitrogens with zero attached hydrogens (tertiary/aromatic N) is 1. The zero-order chi connectivity index (χ0) is 18.7. The Morgan fingerprint density at radius 2 is 1.88 bits per heavy atom. The molecular weight excluding hydrogens is 328 g/mol. The number of amides is 2. The summed E-state index contributed by atoms with van der Waals surface area (Å²) in [7, 11) is 0. The van der Waals surface area contributed by atoms with E-state index in [1.807, 2.05) is 57.2 Å². The van der Waals surface area contributed by atoms with Crippen LogP contribution in [0.5, 0.6) is 0 Å². The second-order valence-corrected chi connectivity index (χ2v) is 8.01. The van der Waals surface area contributed by atoms with Gasteiger partial charge in [-0.15, -0.1) is 0 Å². The molecule has 1 aliphatic rings. The van der Waals surface area contributed by atoms with Gasteiger partial charge >= 0.3 is 0 Å². The van der Waals surface area contributed by atoms with Crippen LogP contribution in [0.2, 0.25) is 0 Å². The van der Waals surface area contributed by atoms with Crippen molar-refractivity contribution in [2.45, 2.75) is 52.0 Å². The van der Waals surface area contributed by atoms with Crippen molar-refractivity contribution in [3.8, 4) is 0 Å². The summed E-state index contributed by atoms with van der Waals surface area (Å²) in [5, 5.41) is 13.1. The Hall–Kier alpha value is -2.63. The number of carbonyl (C=O) groups is 2. The number of rotatable bonds is 5. The van der Waals surface area contributed by atoms with Crippen molar-refractivity contribution in [2.75, 3.05) is 5.32 Å². The quantitative estimate of drug-likeness (QED) is 0.771. The Balaban J connectivity index is 1.45. The van der Waals surface area contributed by atoms with Gasteiger partial charge in [0, 0.05) is 29.1 Å². The van der Waals surface area contributed by atoms with Gasteiger partial charge in [0.25, 0.3) is 0 Å². The third-order valence-electron chi connectivity index (χ3n) is 4.67. The van der Waals surface area contributed by atoms with E-state index < -0.39 is 5.41 Å². The predicted octanol–water partition coefficient (Wildman–Crippen LogP) is 3.00. The van der Waals surface area contributed by atoms with Crippen LogP contribution in [0.1, 0.15) is 50.8 Å². The van der Waals surface area contributed by atoms with Crippen molar-refractivity contribution in [1.29, 1.82) is 0 Å². The molecule has 2 amide bonds. The Bertz CT molecular complexity index is 771. The van der Waals surface area contributed by atoms with Gasteiger partial charge in [-0.25, -0.2) is 0 Å². The highest BCUT2D eigenvalue weighted by molar-refractivity contribution is 5.93. The summed E-state index contributed by atoms with van der Waals surface area (Å²) in [5.41, 5.74) is 1.57. The zero-order valence-electron chi connectivity index (χ0n) is 15.5. The first-order valence-corrected chi connectivity index (χ1v) is 9.01. The Labute approximate surface area is 153 Å². The van der Waals surface area contributed by atoms with Gasteiger partial charge in [-0.05, 0) is 18.4 Å². The molecule has 0 aliphatic heterocycles. The molecule has 0 atom stereocenters. The van der Waals surface area contributed by atoms with Crippen molar-refractivity contribution in [1.82, 2.24) is 15.5 Å². The lowest BCUT2D eigenvalue weighted by molar-refractivity contribution is -0.123. The summed E-state index contributed by atoms with van der Waals surface area (Å²) >= 11 is 0. The van der Waals surface area contributed by atoms with Gasteiger partial charge in [0.15, 0.2) is 5.82 Å². The monoisotopic (exact) mass is 354 g/mol. The molecular formula is C20H26N4O2. The lowest BCUT2D eigenvalue weighted by Crippen LogP contribution is -2.44. The van der Waals surface area contributed by atoms with Crippen molar-refractivity contribution in [3.05, 3.63) is 47.7 Å². The third kappa shape index (κ3) is 4.50. The standard InChI is InChI=1S/C20H26N4O2/c1-20(2,3)19(26)22-17-12-16(23-24-17)14-10-15(11-14)21-18(25)9-13-7-5-4-6-8-13/h4-8,12,14-15H,9-11H2,1-3H3,(H,21,25)(H2,22,23,24,26)/t14-,15+. The number of benzene rings is 1. The molecule has 0 radical (unpaired) electrons. The number of carbonyl (C=O) groups excluding carboxylic acids is 2. The molecule has 138 valence electrons. The first-order valence-electron chi connectivity index (χ1n) is 9.01. The van der Waals surface area contributed by atoms with Crippen LogP contribution in [0.15, 0.2) is 36.4 Å². The van der Waals surface area contributed by atoms with Crippen LogP contribution in [0.4, 0.5) is 5.82 Å². The zero-order valence-corrected chi connectivity index (χ0v) is 15.5. The fourth-order valence-electron chi connectivity index (χ4n) is 2.96. The highest BCUT2D eigenvalue weighted by atomic mass is 16.2. The van der Waals surface area contributed by atoms with Crippen LogP contribution in [0, 0.1) is 5.41 Å². The maximum atomic E-state index is 12.1. The molecule has 1 saturated carbocycles. The van der Waals surface area contributed by atoms with Gasteiger partial charge in [0.1, 0.15) is 0 Å². The molecule has 1 fully saturated rings. The fourth-order valence-corrected chi connectivity index (χ4v) is 2.96. The summed E-state index contributed by atoms with van der Waals surface area (Å²) < 4.78 is 0. The largest absolute Gasteiger partial charge is 0.353 e. The van der Waals surface area contributed by atoms with Gasteiger partial charge in [-0.2, -0.15) is 5.10 Å². The molecule has 3 rings (SSSR count). The lowest BCUT2D eigenvalue weighted by atomic mass is 9.78. The molecule has 0 bridgehead atoms. The SMILES string of the molecule is CC(C)(C)C(=O)Nc1cc([C@H]2C[C@@H](NC(=O)Cc3ccccc3)C2)[nH]n1. The van der Waals surface area contributed by atoms with Gasteiger partial charge in [0.05, 0.1) is 6.42 Å². The maximum Gasteiger partial charge on any atom is 0.230 e. The first-order chi connectivity index (χ1) is 12.3. The maximum absolute atomic E-state index is 12.1. The number of aromatic nitrogens is 2. The van der Waals surface area contributed by atoms with E-state index in [1.54, 1.807) is 0 Å². The summed E-state index contributed by atoms with van der Waals surface area (Å²) in [6, 6.07) is 11.8. The van der Waals surface area contributed by atoms with Crippen LogP contribution >= 0.6 is 0 Å². The second-order valence-electron chi connectivity index (χ2n) is 8.01. The van der Waals surface area contributed by atoms with E-state index in [2.05, 4.69) is 20.8 Å². The first kappa shape index (κ1) is 18.2. The molecule has 1 aliphatic carbocycles. The number of hydrogen-bond acceptors (Lipinski definition) is 3. The lowest BCUT2D eigenvalue weighted by Gasteiger charge is -2.35. The van der Waals surface area contributed by atoms with E-state index in [-0.39, 0.29) is 17.9 Å². The van der Waals surface area contributed by atoms with Crippen molar-refractivity contribution < 1.29 is 9.59 Å². The molecule has 1 aromatic heterocycles. The van der Waals surface area contributed by atoms with E-state index in [0.29, 0.717) is 18.2 Å². The molecule has 0 spiro atoms. The fraction of sp³-hybridized carbons (Fsp3) is 0.450. The predicted molar refractivity (Wildman–Crippen MR) is 101 cm³/mol. The number of H-pyrrole nitrogens is 1. The van der Waals surface area contributed by atoms with Gasteiger partial charge in [-0.1, -0.05) is 51.1 Å². The number of hydrogen-bond donors (Lipinski definition) is 3. The van der Waals surface area contributed by atoms with E-state index in [9.17, 15) is 9.59 Å². The number of anilines is 1. The average molecular weight is 354 g/mol. The van der Waals surface area contributed by atoms with E-state index >= 15 is 0 Å². The van der Waals surface area contributed by atoms with Crippen LogP contribution in [0.3, 0.4) is 0 Å². The molecule has 0 unspecified atom stereocenters. The van der Waals surface area contributed by atoms with E-state index in [4.69, 9.17) is 0 Å². The minimum atomic E-state index is -0.455. The summed E-state index contributed by atoms with van der Waals surface area (Å²) in [5.74, 6) is 0.888. The molecule has 6 heteroatoms. The van der Waals surface area contributed by atoms with E-state index in [1.165, 1.54) is 0 Å². The third-order valence-corrected chi connectivity index (χ3v) is 4.67. The second kappa shape index (κ2) is 7.32. The van der Waals surface area contributed by atoms with Gasteiger partial charge in [0.2, 0.25) is 11.8 Å². The topological polar surface area (TPSA) is 86.9 Å². The molecule has 1 aromatic carbocycles. The molecule has 1 heterocycles. The molecule has 2 aromatic rings. The summed E-state index contributed by atoms with van der Waals surface area (Å²) in [4.78, 5) is 24.1. The Morgan fingerprint density at radius 1 is 1.19 bits per heavy atom. The number of nitrogens with one attached hydrogen (secondary N) is 3. The smallest absolute Gasteiger partial charge is 0.230 e. The Kier molecular flexibility index (Phi) is 5.11. The Morgan fingerprint density at radius 3 is 2.54 bits per heavy atom. The van der Waals surface area contributed by atoms with Crippen LogP contribution in [-0.4, -0.2) is 28.1 Å². The van der Waals surface area contributed by atoms with Gasteiger partial charge < -0.3 is 10.6 Å². The highest BCUT2D eigenvalue weighted by Crippen LogP contribution is 2.36. The van der Waals surface area contributed by atoms with E-state index in [0.717, 1.165) is 24.1 Å². The summed E-state index contributed by atoms with van der Waals surface area (Å²) in [6.45, 7) is 5.60. The van der Waals surface area contributed by atoms with Crippen molar-refractivity contribution >= 4 is 17.6 Å². The van der Waals surface area contributed by atoms with Crippen LogP contribution in [-0.2, 0) is 16.0 Å². The molecule has 6 nitrogen and oxygen atoms in total. The molecule has 0 saturated heterocycles. The van der Waals surface area contributed by atoms with Gasteiger partial charge in [-0.3, -0.25) is 14.7 Å². The minimum Gasteiger partial charge on any atom is -0.353 e. The van der Waals surface area contributed by atoms with Crippen molar-refractivity contribution in [2.24, 2.45) is 5.41 Å². The van der Waals surface area contributed by atoms with Crippen LogP contribution < -0.4 is 10.6 Å². The minimum absolute atomic E-state index is 0.0578. The molecule has 26 heavy (non-hydrogen) atoms. The van der Waals surface area contributed by atoms with Crippen LogP contribution in [0.25, 0.3) is 0 Å². The highest BCUT2D eigenvalue weighted by Gasteiger charge is 2.33.